The van der Waals surface area contributed by atoms with E-state index in [1.54, 1.807) is 12.1 Å². The molecule has 7 saturated heterocycles. The summed E-state index contributed by atoms with van der Waals surface area (Å²) in [6.07, 6.45) is 43.0. The van der Waals surface area contributed by atoms with Gasteiger partial charge in [-0.1, -0.05) is 239 Å². The summed E-state index contributed by atoms with van der Waals surface area (Å²) in [6.45, 7) is 92.7. The molecule has 130 heavy (non-hydrogen) atoms. The number of nitrogens with one attached hydrogen (secondary N) is 3. The third-order valence-electron chi connectivity index (χ3n) is 27.9. The molecule has 7 aliphatic rings. The normalized spacial score (nSPS) is 22.4. The van der Waals surface area contributed by atoms with Gasteiger partial charge in [-0.15, -0.1) is 0 Å². The second-order valence-corrected chi connectivity index (χ2v) is 49.9. The Morgan fingerprint density at radius 1 is 0.331 bits per heavy atom. The van der Waals surface area contributed by atoms with Gasteiger partial charge in [-0.3, -0.25) is 34.4 Å². The van der Waals surface area contributed by atoms with Crippen molar-refractivity contribution in [2.75, 3.05) is 41.4 Å². The molecule has 0 spiro atoms. The Hall–Kier alpha value is -2.73. The van der Waals surface area contributed by atoms with Gasteiger partial charge >= 0.3 is 11.9 Å². The number of hydrogen-bond donors (Lipinski definition) is 4. The number of rotatable bonds is 26. The van der Waals surface area contributed by atoms with E-state index in [-0.39, 0.29) is 68.6 Å². The number of unbranched alkanes of at least 4 members (excludes halogenated alkanes) is 16. The fourth-order valence-electron chi connectivity index (χ4n) is 22.8. The van der Waals surface area contributed by atoms with Crippen molar-refractivity contribution in [3.63, 3.8) is 0 Å². The van der Waals surface area contributed by atoms with Crippen LogP contribution in [0.25, 0.3) is 0 Å². The van der Waals surface area contributed by atoms with Gasteiger partial charge in [-0.2, -0.15) is 0 Å². The van der Waals surface area contributed by atoms with Crippen molar-refractivity contribution in [2.24, 2.45) is 29.6 Å². The van der Waals surface area contributed by atoms with Gasteiger partial charge in [0.25, 0.3) is 6.47 Å². The molecule has 7 aliphatic heterocycles. The van der Waals surface area contributed by atoms with E-state index in [2.05, 4.69) is 350 Å². The predicted molar refractivity (Wildman–Crippen MR) is 576 cm³/mol. The summed E-state index contributed by atoms with van der Waals surface area (Å²) in [6, 6.07) is 9.19. The number of benzene rings is 1. The summed E-state index contributed by atoms with van der Waals surface area (Å²) in [4.78, 5) is 48.1. The maximum Gasteiger partial charge on any atom is 0.338 e. The average Bonchev–Trinajstić information content (AvgIpc) is 0.792. The molecule has 7 heterocycles. The molecule has 0 amide bonds. The summed E-state index contributed by atoms with van der Waals surface area (Å²) >= 11 is 0. The van der Waals surface area contributed by atoms with Crippen molar-refractivity contribution in [1.29, 1.82) is 0 Å². The molecule has 1 aromatic carbocycles. The van der Waals surface area contributed by atoms with Gasteiger partial charge in [0.1, 0.15) is 12.2 Å². The Morgan fingerprint density at radius 3 is 0.792 bits per heavy atom. The molecule has 15 nitrogen and oxygen atoms in total. The number of esters is 2. The lowest BCUT2D eigenvalue weighted by atomic mass is 9.75. The van der Waals surface area contributed by atoms with Crippen molar-refractivity contribution < 1.29 is 38.7 Å². The number of carbonyl (C=O) groups excluding carboxylic acids is 3. The Kier molecular flexibility index (Phi) is 69.3. The standard InChI is InChI=1S/C21H41NO2.C16H23NO2.4C11H23N.C10H21N.C10H20O4.2C4H10.C3H8.3CH4/c1-6-7-8-9-10-11-12-13-14-15-19(23)24-18-16-20(2,3)22-21(4,5)17-18;1-15(2)10-13(11-16(3,4)17-15)19-14(18)12-8-6-5-7-9-12;4*1-9-7-10(2,3)12(6)11(4,5)8-9;1-8-6-9(2,3)11-10(4,5)7-8;11-10-13-8-6-4-2-1-3-5-7-9-14-12;2*1-3-4-2;1-3-2;;;/h18,22H,6-17H2,1-5H3;5-9,13,17H,10-11H2,1-4H3;4*9H,7-8H2,1-6H3;8,11H,6-7H2,1-5H3;10,12H,1-9H2;2*3-4H2,1-2H3;3H2,1-2H3;3*1H4. The highest BCUT2D eigenvalue weighted by Crippen LogP contribution is 2.44. The highest BCUT2D eigenvalue weighted by Gasteiger charge is 2.47. The zero-order valence-corrected chi connectivity index (χ0v) is 93.5. The summed E-state index contributed by atoms with van der Waals surface area (Å²) < 4.78 is 16.0. The van der Waals surface area contributed by atoms with E-state index in [1.165, 1.54) is 161 Å². The average molecular weight is 1850 g/mol. The predicted octanol–water partition coefficient (Wildman–Crippen LogP) is 32.4. The molecule has 8 rings (SSSR count). The van der Waals surface area contributed by atoms with Crippen LogP contribution in [0, 0.1) is 29.6 Å². The van der Waals surface area contributed by atoms with Crippen molar-refractivity contribution in [3.8, 4) is 0 Å². The fourth-order valence-corrected chi connectivity index (χ4v) is 22.8. The van der Waals surface area contributed by atoms with Gasteiger partial charge in [0.2, 0.25) is 0 Å². The molecule has 7 fully saturated rings. The van der Waals surface area contributed by atoms with E-state index in [9.17, 15) is 14.4 Å². The summed E-state index contributed by atoms with van der Waals surface area (Å²) in [5.74, 6) is 4.10. The van der Waals surface area contributed by atoms with Gasteiger partial charge in [0.15, 0.2) is 0 Å². The second kappa shape index (κ2) is 65.2. The molecule has 4 N–H and O–H groups in total. The Morgan fingerprint density at radius 2 is 0.554 bits per heavy atom. The van der Waals surface area contributed by atoms with E-state index in [4.69, 9.17) is 14.7 Å². The topological polar surface area (TPSA) is 157 Å². The first-order valence-electron chi connectivity index (χ1n) is 52.1. The first-order valence-corrected chi connectivity index (χ1v) is 52.1. The second-order valence-electron chi connectivity index (χ2n) is 49.9. The lowest BCUT2D eigenvalue weighted by molar-refractivity contribution is -0.242. The third-order valence-corrected chi connectivity index (χ3v) is 27.9. The SMILES string of the molecule is C.C.C.CC1(C)CC(OC(=O)c2ccccc2)CC(C)(C)N1.CC1CC(C)(C)N(C)C(C)(C)C1.CC1CC(C)(C)N(C)C(C)(C)C1.CC1CC(C)(C)N(C)C(C)(C)C1.CC1CC(C)(C)N(C)C(C)(C)C1.CC1CC(C)(C)NC(C)(C)C1.CCC.CCCC.CCCC.CCCCCCCCCCCC(=O)OC1CC(C)(C)NC(C)(C)C1.O=COCCCCCCCCCOO. The molecule has 0 aliphatic carbocycles. The van der Waals surface area contributed by atoms with Crippen LogP contribution < -0.4 is 16.0 Å². The molecule has 780 valence electrons. The fraction of sp³-hybridized carbons (Fsp3) is 0.922. The van der Waals surface area contributed by atoms with Crippen molar-refractivity contribution >= 4 is 18.4 Å². The van der Waals surface area contributed by atoms with Crippen LogP contribution in [0.5, 0.6) is 0 Å². The van der Waals surface area contributed by atoms with E-state index in [1.807, 2.05) is 18.2 Å². The number of hydrogen-bond acceptors (Lipinski definition) is 15. The minimum atomic E-state index is -0.223. The van der Waals surface area contributed by atoms with E-state index < -0.39 is 0 Å². The zero-order valence-electron chi connectivity index (χ0n) is 93.5. The van der Waals surface area contributed by atoms with Crippen LogP contribution in [0.3, 0.4) is 0 Å². The first-order chi connectivity index (χ1) is 58.0. The number of nitrogens with zero attached hydrogens (tertiary/aromatic N) is 4. The van der Waals surface area contributed by atoms with Crippen LogP contribution in [0.1, 0.15) is 541 Å². The third kappa shape index (κ3) is 61.6. The highest BCUT2D eigenvalue weighted by atomic mass is 17.1. The Labute approximate surface area is 815 Å². The summed E-state index contributed by atoms with van der Waals surface area (Å²) in [7, 11) is 9.02. The van der Waals surface area contributed by atoms with Gasteiger partial charge in [-0.25, -0.2) is 9.68 Å². The number of likely N-dealkylation sites (tertiary alicyclic amines) is 4. The summed E-state index contributed by atoms with van der Waals surface area (Å²) in [5, 5.41) is 18.9. The highest BCUT2D eigenvalue weighted by molar-refractivity contribution is 5.89. The van der Waals surface area contributed by atoms with Crippen molar-refractivity contribution in [3.05, 3.63) is 35.9 Å². The van der Waals surface area contributed by atoms with Crippen molar-refractivity contribution in [2.45, 2.75) is 620 Å². The Balaban J connectivity index is -0.000000335. The number of ether oxygens (including phenoxy) is 3. The lowest BCUT2D eigenvalue weighted by Crippen LogP contribution is -2.59. The maximum absolute atomic E-state index is 12.1. The Bertz CT molecular complexity index is 2680. The van der Waals surface area contributed by atoms with Crippen molar-refractivity contribution in [1.82, 2.24) is 35.6 Å². The quantitative estimate of drug-likeness (QED) is 0.0173. The smallest absolute Gasteiger partial charge is 0.338 e. The molecule has 0 atom stereocenters. The van der Waals surface area contributed by atoms with Crippen LogP contribution in [-0.4, -0.2) is 174 Å². The molecule has 0 aromatic heterocycles. The monoisotopic (exact) mass is 1840 g/mol. The zero-order chi connectivity index (χ0) is 99.1. The minimum absolute atomic E-state index is 0. The van der Waals surface area contributed by atoms with E-state index in [0.717, 1.165) is 93.8 Å². The minimum Gasteiger partial charge on any atom is -0.468 e. The van der Waals surface area contributed by atoms with Gasteiger partial charge < -0.3 is 30.2 Å². The largest absolute Gasteiger partial charge is 0.468 e. The lowest BCUT2D eigenvalue weighted by Gasteiger charge is -2.53. The molecular formula is C115H237N7O8. The molecule has 0 radical (unpaired) electrons. The molecule has 0 saturated carbocycles. The molecular weight excluding hydrogens is 1610 g/mol. The van der Waals surface area contributed by atoms with Gasteiger partial charge in [-0.05, 0) is 347 Å². The van der Waals surface area contributed by atoms with Crippen LogP contribution in [0.15, 0.2) is 30.3 Å². The van der Waals surface area contributed by atoms with Crippen LogP contribution in [0.4, 0.5) is 0 Å². The number of piperidine rings is 7. The van der Waals surface area contributed by atoms with E-state index in [0.29, 0.717) is 87.1 Å². The molecule has 1 aromatic rings. The summed E-state index contributed by atoms with van der Waals surface area (Å²) in [5.41, 5.74) is 4.34. The molecule has 15 heteroatoms. The van der Waals surface area contributed by atoms with Gasteiger partial charge in [0.05, 0.1) is 18.8 Å². The van der Waals surface area contributed by atoms with E-state index >= 15 is 0 Å². The van der Waals surface area contributed by atoms with Crippen LogP contribution >= 0.6 is 0 Å². The first kappa shape index (κ1) is 138. The van der Waals surface area contributed by atoms with Gasteiger partial charge in [0, 0.05) is 110 Å². The van der Waals surface area contributed by atoms with Crippen LogP contribution in [-0.2, 0) is 28.7 Å². The number of carbonyl (C=O) groups is 3. The van der Waals surface area contributed by atoms with Crippen LogP contribution in [0.2, 0.25) is 0 Å². The molecule has 0 bridgehead atoms. The molecule has 0 unspecified atom stereocenters. The maximum atomic E-state index is 12.1.